The molecular formula is C13H17ClN2O4. The van der Waals surface area contributed by atoms with Crippen molar-refractivity contribution in [2.45, 2.75) is 39.2 Å². The van der Waals surface area contributed by atoms with Crippen LogP contribution in [0.15, 0.2) is 6.07 Å². The summed E-state index contributed by atoms with van der Waals surface area (Å²) in [6, 6.07) is 1.50. The average Bonchev–Trinajstić information content (AvgIpc) is 2.24. The van der Waals surface area contributed by atoms with Gasteiger partial charge in [-0.25, -0.2) is 9.97 Å². The van der Waals surface area contributed by atoms with Crippen LogP contribution in [0.25, 0.3) is 0 Å². The fourth-order valence-electron chi connectivity index (χ4n) is 1.52. The lowest BCUT2D eigenvalue weighted by Crippen LogP contribution is -2.32. The van der Waals surface area contributed by atoms with Crippen molar-refractivity contribution in [2.24, 2.45) is 0 Å². The molecule has 1 heterocycles. The Morgan fingerprint density at radius 2 is 1.85 bits per heavy atom. The van der Waals surface area contributed by atoms with Crippen LogP contribution >= 0.6 is 11.6 Å². The highest BCUT2D eigenvalue weighted by molar-refractivity contribution is 6.28. The average molecular weight is 301 g/mol. The van der Waals surface area contributed by atoms with Gasteiger partial charge >= 0.3 is 11.9 Å². The molecule has 0 spiro atoms. The van der Waals surface area contributed by atoms with Gasteiger partial charge in [-0.3, -0.25) is 9.59 Å². The Kier molecular flexibility index (Phi) is 5.05. The minimum atomic E-state index is -1.28. The van der Waals surface area contributed by atoms with Crippen LogP contribution < -0.4 is 0 Å². The van der Waals surface area contributed by atoms with E-state index < -0.39 is 23.5 Å². The Morgan fingerprint density at radius 3 is 2.30 bits per heavy atom. The van der Waals surface area contributed by atoms with Crippen LogP contribution in [-0.4, -0.2) is 34.6 Å². The van der Waals surface area contributed by atoms with Crippen LogP contribution in [0.3, 0.4) is 0 Å². The highest BCUT2D eigenvalue weighted by atomic mass is 35.5. The third kappa shape index (κ3) is 4.45. The zero-order valence-corrected chi connectivity index (χ0v) is 12.8. The molecule has 0 aliphatic carbocycles. The second kappa shape index (κ2) is 6.17. The lowest BCUT2D eigenvalue weighted by atomic mass is 10.0. The molecule has 1 aromatic rings. The van der Waals surface area contributed by atoms with E-state index in [1.54, 1.807) is 27.7 Å². The molecule has 0 radical (unpaired) electrons. The van der Waals surface area contributed by atoms with E-state index in [9.17, 15) is 9.59 Å². The number of carbonyl (C=O) groups is 2. The molecule has 0 saturated carbocycles. The van der Waals surface area contributed by atoms with Gasteiger partial charge in [0.15, 0.2) is 5.92 Å². The Bertz CT molecular complexity index is 505. The Hall–Kier alpha value is -1.69. The standard InChI is InChI=1S/C13H17ClN2O4/c1-7-6-8(16-12(14)15-7)9(10(17)19-5)11(18)20-13(2,3)4/h6,9H,1-5H3. The van der Waals surface area contributed by atoms with Crippen LogP contribution in [0.1, 0.15) is 38.1 Å². The molecular weight excluding hydrogens is 284 g/mol. The first-order valence-electron chi connectivity index (χ1n) is 5.96. The predicted octanol–water partition coefficient (Wildman–Crippen LogP) is 2.04. The number of esters is 2. The molecule has 6 nitrogen and oxygen atoms in total. The van der Waals surface area contributed by atoms with Crippen LogP contribution in [0.5, 0.6) is 0 Å². The third-order valence-corrected chi connectivity index (χ3v) is 2.39. The number of aryl methyl sites for hydroxylation is 1. The van der Waals surface area contributed by atoms with Gasteiger partial charge in [0.1, 0.15) is 5.60 Å². The zero-order chi connectivity index (χ0) is 15.5. The molecule has 0 aromatic carbocycles. The number of aromatic nitrogens is 2. The number of rotatable bonds is 3. The van der Waals surface area contributed by atoms with E-state index in [1.807, 2.05) is 0 Å². The molecule has 1 rings (SSSR count). The van der Waals surface area contributed by atoms with Crippen molar-refractivity contribution in [1.29, 1.82) is 0 Å². The zero-order valence-electron chi connectivity index (χ0n) is 12.1. The molecule has 7 heteroatoms. The molecule has 0 N–H and O–H groups in total. The number of nitrogens with zero attached hydrogens (tertiary/aromatic N) is 2. The summed E-state index contributed by atoms with van der Waals surface area (Å²) in [5, 5.41) is -0.0440. The van der Waals surface area contributed by atoms with Gasteiger partial charge in [0.2, 0.25) is 5.28 Å². The number of carbonyl (C=O) groups excluding carboxylic acids is 2. The number of hydrogen-bond acceptors (Lipinski definition) is 6. The summed E-state index contributed by atoms with van der Waals surface area (Å²) in [6.07, 6.45) is 0. The van der Waals surface area contributed by atoms with E-state index in [0.717, 1.165) is 0 Å². The van der Waals surface area contributed by atoms with Gasteiger partial charge in [0.25, 0.3) is 0 Å². The molecule has 0 amide bonds. The highest BCUT2D eigenvalue weighted by Gasteiger charge is 2.35. The fourth-order valence-corrected chi connectivity index (χ4v) is 1.75. The second-order valence-electron chi connectivity index (χ2n) is 5.19. The number of methoxy groups -OCH3 is 1. The van der Waals surface area contributed by atoms with Crippen molar-refractivity contribution in [1.82, 2.24) is 9.97 Å². The maximum Gasteiger partial charge on any atom is 0.327 e. The highest BCUT2D eigenvalue weighted by Crippen LogP contribution is 2.22. The first kappa shape index (κ1) is 16.4. The normalized spacial score (nSPS) is 12.7. The van der Waals surface area contributed by atoms with Crippen LogP contribution in [0, 0.1) is 6.92 Å². The number of hydrogen-bond donors (Lipinski definition) is 0. The van der Waals surface area contributed by atoms with E-state index >= 15 is 0 Å². The van der Waals surface area contributed by atoms with E-state index in [1.165, 1.54) is 13.2 Å². The minimum Gasteiger partial charge on any atom is -0.468 e. The molecule has 1 aromatic heterocycles. The lowest BCUT2D eigenvalue weighted by molar-refractivity contribution is -0.163. The van der Waals surface area contributed by atoms with Crippen molar-refractivity contribution in [3.63, 3.8) is 0 Å². The molecule has 0 bridgehead atoms. The number of halogens is 1. The van der Waals surface area contributed by atoms with Gasteiger partial charge < -0.3 is 9.47 Å². The van der Waals surface area contributed by atoms with Crippen molar-refractivity contribution < 1.29 is 19.1 Å². The summed E-state index contributed by atoms with van der Waals surface area (Å²) in [5.74, 6) is -2.77. The SMILES string of the molecule is COC(=O)C(C(=O)OC(C)(C)C)c1cc(C)nc(Cl)n1. The lowest BCUT2D eigenvalue weighted by Gasteiger charge is -2.22. The van der Waals surface area contributed by atoms with Crippen molar-refractivity contribution in [3.05, 3.63) is 22.7 Å². The first-order chi connectivity index (χ1) is 9.14. The molecule has 0 saturated heterocycles. The Balaban J connectivity index is 3.19. The van der Waals surface area contributed by atoms with Crippen LogP contribution in [-0.2, 0) is 19.1 Å². The largest absolute Gasteiger partial charge is 0.468 e. The molecule has 20 heavy (non-hydrogen) atoms. The van der Waals surface area contributed by atoms with Gasteiger partial charge in [-0.2, -0.15) is 0 Å². The summed E-state index contributed by atoms with van der Waals surface area (Å²) >= 11 is 5.75. The summed E-state index contributed by atoms with van der Waals surface area (Å²) in [4.78, 5) is 31.8. The predicted molar refractivity (Wildman–Crippen MR) is 72.4 cm³/mol. The van der Waals surface area contributed by atoms with Gasteiger partial charge in [-0.1, -0.05) is 0 Å². The van der Waals surface area contributed by atoms with Gasteiger partial charge in [-0.15, -0.1) is 0 Å². The molecule has 1 atom stereocenters. The second-order valence-corrected chi connectivity index (χ2v) is 5.53. The van der Waals surface area contributed by atoms with Crippen molar-refractivity contribution in [3.8, 4) is 0 Å². The number of ether oxygens (including phenoxy) is 2. The van der Waals surface area contributed by atoms with E-state index in [2.05, 4.69) is 14.7 Å². The van der Waals surface area contributed by atoms with E-state index in [4.69, 9.17) is 16.3 Å². The summed E-state index contributed by atoms with van der Waals surface area (Å²) < 4.78 is 9.85. The topological polar surface area (TPSA) is 78.4 Å². The molecule has 1 unspecified atom stereocenters. The fraction of sp³-hybridized carbons (Fsp3) is 0.538. The molecule has 110 valence electrons. The van der Waals surface area contributed by atoms with Crippen molar-refractivity contribution in [2.75, 3.05) is 7.11 Å². The van der Waals surface area contributed by atoms with E-state index in [0.29, 0.717) is 5.69 Å². The van der Waals surface area contributed by atoms with Crippen LogP contribution in [0.2, 0.25) is 5.28 Å². The van der Waals surface area contributed by atoms with Gasteiger partial charge in [-0.05, 0) is 45.4 Å². The third-order valence-electron chi connectivity index (χ3n) is 2.22. The van der Waals surface area contributed by atoms with E-state index in [-0.39, 0.29) is 11.0 Å². The summed E-state index contributed by atoms with van der Waals surface area (Å²) in [7, 11) is 1.19. The first-order valence-corrected chi connectivity index (χ1v) is 6.33. The Labute approximate surface area is 122 Å². The summed E-state index contributed by atoms with van der Waals surface area (Å²) in [6.45, 7) is 6.80. The minimum absolute atomic E-state index is 0.0440. The monoisotopic (exact) mass is 300 g/mol. The maximum absolute atomic E-state index is 12.2. The molecule has 0 aliphatic rings. The maximum atomic E-state index is 12.2. The molecule has 0 aliphatic heterocycles. The smallest absolute Gasteiger partial charge is 0.327 e. The van der Waals surface area contributed by atoms with Gasteiger partial charge in [0.05, 0.1) is 12.8 Å². The quantitative estimate of drug-likeness (QED) is 0.483. The molecule has 0 fully saturated rings. The summed E-state index contributed by atoms with van der Waals surface area (Å²) in [5.41, 5.74) is -0.0315. The van der Waals surface area contributed by atoms with Crippen molar-refractivity contribution >= 4 is 23.5 Å². The Morgan fingerprint density at radius 1 is 1.25 bits per heavy atom. The van der Waals surface area contributed by atoms with Gasteiger partial charge in [0, 0.05) is 5.69 Å². The van der Waals surface area contributed by atoms with Crippen LogP contribution in [0.4, 0.5) is 0 Å².